The molecule has 8 aromatic rings. The zero-order valence-electron chi connectivity index (χ0n) is 59.0. The number of hydrogen-bond acceptors (Lipinski definition) is 16. The number of amides is 8. The Kier molecular flexibility index (Phi) is 28.0. The lowest BCUT2D eigenvalue weighted by atomic mass is 10.0. The van der Waals surface area contributed by atoms with Crippen LogP contribution in [0.25, 0.3) is 0 Å². The van der Waals surface area contributed by atoms with Gasteiger partial charge in [0, 0.05) is 48.9 Å². The quantitative estimate of drug-likeness (QED) is 0.0253. The fourth-order valence-corrected chi connectivity index (χ4v) is 11.0. The molecule has 0 saturated carbocycles. The van der Waals surface area contributed by atoms with Crippen LogP contribution in [0, 0.1) is 0 Å². The third kappa shape index (κ3) is 23.3. The molecule has 0 spiro atoms. The van der Waals surface area contributed by atoms with Crippen molar-refractivity contribution in [1.29, 1.82) is 0 Å². The fourth-order valence-electron chi connectivity index (χ4n) is 11.0. The molecule has 0 aliphatic carbocycles. The maximum atomic E-state index is 14.2. The molecule has 0 fully saturated rings. The van der Waals surface area contributed by atoms with Crippen molar-refractivity contribution >= 4 is 70.0 Å². The minimum atomic E-state index is -0.674. The number of anilines is 4. The first kappa shape index (κ1) is 76.7. The van der Waals surface area contributed by atoms with Crippen molar-refractivity contribution in [3.8, 4) is 23.0 Å². The average Bonchev–Trinajstić information content (AvgIpc) is 0.846. The Bertz CT molecular complexity index is 3750. The molecule has 8 amide bonds. The molecule has 544 valence electrons. The molecule has 4 atom stereocenters. The van der Waals surface area contributed by atoms with Crippen LogP contribution in [0.4, 0.5) is 22.7 Å². The van der Waals surface area contributed by atoms with Gasteiger partial charge in [0.1, 0.15) is 23.0 Å². The largest absolute Gasteiger partial charge is 0.493 e. The Morgan fingerprint density at radius 2 is 0.490 bits per heavy atom. The van der Waals surface area contributed by atoms with Gasteiger partial charge in [0.25, 0.3) is 23.6 Å². The summed E-state index contributed by atoms with van der Waals surface area (Å²) in [5.74, 6) is -1.46. The Hall–Kier alpha value is -11.4. The first-order chi connectivity index (χ1) is 50.1. The standard InChI is InChI=1S/C80H92N12O12/c1-49(81)73(93)85-33-5-37-101-69-45-57-17-29-65(69)77(97)89-61-21-11-54(12-22-61)42-58-18-30-67(70(46-58)102-38-6-34-86-74(94)50(2)82)79(99)91-63-25-15-56(16-26-63)44-60-20-32-68(72(48-60)104-40-8-36-88-76(96)52(4)84)80(100)92-64-27-13-55(14-28-64)43-59-19-31-66(78(98)90-62-23-9-53(41-57)10-24-62)71(47-59)103-39-7-35-87-75(95)51(3)83/h9-32,45-52H,5-8,33-44,81-84H2,1-4H3,(H,85,93)(H,86,94)(H,87,95)(H,88,96)(H,89,97)(H,90,98)(H,91,99)(H,92,100)/t49-,50-,51-,52-/m0/s1. The smallest absolute Gasteiger partial charge is 0.259 e. The second-order valence-electron chi connectivity index (χ2n) is 25.8. The van der Waals surface area contributed by atoms with Crippen LogP contribution in [-0.4, -0.2) is 124 Å². The summed E-state index contributed by atoms with van der Waals surface area (Å²) in [6, 6.07) is 48.4. The topological polar surface area (TPSA) is 374 Å². The summed E-state index contributed by atoms with van der Waals surface area (Å²) in [4.78, 5) is 106. The van der Waals surface area contributed by atoms with Crippen molar-refractivity contribution in [3.63, 3.8) is 0 Å². The lowest BCUT2D eigenvalue weighted by Crippen LogP contribution is -2.38. The highest BCUT2D eigenvalue weighted by Crippen LogP contribution is 2.31. The van der Waals surface area contributed by atoms with Gasteiger partial charge in [0.05, 0.1) is 72.8 Å². The van der Waals surface area contributed by atoms with Crippen molar-refractivity contribution in [2.24, 2.45) is 22.9 Å². The Morgan fingerprint density at radius 1 is 0.308 bits per heavy atom. The van der Waals surface area contributed by atoms with Gasteiger partial charge >= 0.3 is 0 Å². The molecule has 0 radical (unpaired) electrons. The molecule has 22 aliphatic rings. The first-order valence-electron chi connectivity index (χ1n) is 34.9. The van der Waals surface area contributed by atoms with E-state index in [1.54, 1.807) is 100 Å². The van der Waals surface area contributed by atoms with Crippen LogP contribution in [0.2, 0.25) is 0 Å². The van der Waals surface area contributed by atoms with E-state index in [4.69, 9.17) is 41.9 Å². The maximum absolute atomic E-state index is 14.2. The van der Waals surface area contributed by atoms with Crippen molar-refractivity contribution in [1.82, 2.24) is 21.3 Å². The van der Waals surface area contributed by atoms with Crippen LogP contribution in [0.5, 0.6) is 23.0 Å². The van der Waals surface area contributed by atoms with Crippen LogP contribution in [0.3, 0.4) is 0 Å². The van der Waals surface area contributed by atoms with E-state index in [-0.39, 0.29) is 72.3 Å². The minimum absolute atomic E-state index is 0.181. The number of carbonyl (C=O) groups excluding carboxylic acids is 8. The normalized spacial score (nSPS) is 13.7. The maximum Gasteiger partial charge on any atom is 0.259 e. The molecule has 0 unspecified atom stereocenters. The number of nitrogens with two attached hydrogens (primary N) is 4. The number of benzene rings is 8. The van der Waals surface area contributed by atoms with Crippen LogP contribution in [-0.2, 0) is 44.9 Å². The number of ether oxygens (including phenoxy) is 4. The summed E-state index contributed by atoms with van der Waals surface area (Å²) in [5, 5.41) is 23.2. The molecule has 22 heterocycles. The molecule has 0 saturated heterocycles. The summed E-state index contributed by atoms with van der Waals surface area (Å²) in [6.45, 7) is 8.37. The van der Waals surface area contributed by atoms with E-state index in [0.29, 0.717) is 123 Å². The van der Waals surface area contributed by atoms with Crippen molar-refractivity contribution in [3.05, 3.63) is 237 Å². The van der Waals surface area contributed by atoms with E-state index < -0.39 is 47.8 Å². The Labute approximate surface area is 605 Å². The highest BCUT2D eigenvalue weighted by molar-refractivity contribution is 6.08. The van der Waals surface area contributed by atoms with Crippen LogP contribution in [0.1, 0.15) is 139 Å². The van der Waals surface area contributed by atoms with Gasteiger partial charge < -0.3 is 84.4 Å². The number of rotatable bonds is 24. The molecular formula is C80H92N12O12. The predicted molar refractivity (Wildman–Crippen MR) is 402 cm³/mol. The van der Waals surface area contributed by atoms with E-state index >= 15 is 0 Å². The van der Waals surface area contributed by atoms with Crippen molar-refractivity contribution < 1.29 is 57.3 Å². The summed E-state index contributed by atoms with van der Waals surface area (Å²) in [7, 11) is 0. The van der Waals surface area contributed by atoms with E-state index in [0.717, 1.165) is 44.5 Å². The van der Waals surface area contributed by atoms with E-state index in [9.17, 15) is 38.4 Å². The number of hydrogen-bond donors (Lipinski definition) is 12. The highest BCUT2D eigenvalue weighted by Gasteiger charge is 2.22. The lowest BCUT2D eigenvalue weighted by molar-refractivity contribution is -0.122. The predicted octanol–water partition coefficient (Wildman–Crippen LogP) is 8.30. The minimum Gasteiger partial charge on any atom is -0.493 e. The Balaban J connectivity index is 1.00. The zero-order chi connectivity index (χ0) is 74.1. The van der Waals surface area contributed by atoms with E-state index in [1.807, 2.05) is 97.1 Å². The molecule has 30 rings (SSSR count). The number of carbonyl (C=O) groups is 8. The number of nitrogens with one attached hydrogen (secondary N) is 8. The Morgan fingerprint density at radius 3 is 0.673 bits per heavy atom. The van der Waals surface area contributed by atoms with Gasteiger partial charge in [0.15, 0.2) is 0 Å². The highest BCUT2D eigenvalue weighted by atomic mass is 16.5. The molecule has 104 heavy (non-hydrogen) atoms. The van der Waals surface area contributed by atoms with Gasteiger partial charge in [0.2, 0.25) is 23.6 Å². The lowest BCUT2D eigenvalue weighted by Gasteiger charge is -2.16. The average molecular weight is 1410 g/mol. The molecular weight excluding hydrogens is 1320 g/mol. The van der Waals surface area contributed by atoms with Gasteiger partial charge in [-0.3, -0.25) is 38.4 Å². The van der Waals surface area contributed by atoms with E-state index in [1.165, 1.54) is 0 Å². The van der Waals surface area contributed by atoms with Gasteiger partial charge in [-0.2, -0.15) is 0 Å². The second kappa shape index (κ2) is 38.0. The van der Waals surface area contributed by atoms with Crippen LogP contribution in [0.15, 0.2) is 170 Å². The second-order valence-corrected chi connectivity index (χ2v) is 25.8. The van der Waals surface area contributed by atoms with Crippen LogP contribution < -0.4 is 84.4 Å². The van der Waals surface area contributed by atoms with Crippen LogP contribution >= 0.6 is 0 Å². The van der Waals surface area contributed by atoms with Crippen molar-refractivity contribution in [2.45, 2.75) is 103 Å². The van der Waals surface area contributed by atoms with Gasteiger partial charge in [-0.05, 0) is 221 Å². The fraction of sp³-hybridized carbons (Fsp3) is 0.300. The van der Waals surface area contributed by atoms with Gasteiger partial charge in [-0.25, -0.2) is 0 Å². The zero-order valence-corrected chi connectivity index (χ0v) is 59.0. The molecule has 16 bridgehead atoms. The third-order valence-corrected chi connectivity index (χ3v) is 16.8. The summed E-state index contributed by atoms with van der Waals surface area (Å²) in [6.07, 6.45) is 3.52. The molecule has 22 aliphatic heterocycles. The van der Waals surface area contributed by atoms with Gasteiger partial charge in [-0.15, -0.1) is 0 Å². The summed E-state index contributed by atoms with van der Waals surface area (Å²) >= 11 is 0. The molecule has 8 aromatic carbocycles. The first-order valence-corrected chi connectivity index (χ1v) is 34.9. The van der Waals surface area contributed by atoms with Crippen molar-refractivity contribution in [2.75, 3.05) is 73.9 Å². The molecule has 24 heteroatoms. The van der Waals surface area contributed by atoms with Gasteiger partial charge in [-0.1, -0.05) is 72.8 Å². The SMILES string of the molecule is C[C@H](N)C(=O)NCCCOc1cc2ccc1C(=O)Nc1ccc(cc1)Cc1ccc(c(OCCCNC(=O)[C@H](C)N)c1)C(=O)Nc1ccc(cc1)Cc1ccc(c(OCCCNC(=O)[C@H](C)N)c1)C(=O)Nc1ccc(cc1)Cc1ccc(c(OCCCNC(=O)[C@H](C)N)c1)C(=O)Nc1ccc(cc1)C2. The van der Waals surface area contributed by atoms with E-state index in [2.05, 4.69) is 42.5 Å². The molecule has 24 nitrogen and oxygen atoms in total. The molecule has 0 aromatic heterocycles. The summed E-state index contributed by atoms with van der Waals surface area (Å²) < 4.78 is 25.1. The third-order valence-electron chi connectivity index (χ3n) is 16.8. The molecule has 16 N–H and O–H groups in total. The summed E-state index contributed by atoms with van der Waals surface area (Å²) in [5.41, 5.74) is 33.2. The monoisotopic (exact) mass is 1410 g/mol.